The van der Waals surface area contributed by atoms with E-state index in [1.165, 1.54) is 5.56 Å². The predicted octanol–water partition coefficient (Wildman–Crippen LogP) is 1.92. The number of H-pyrrole nitrogens is 1. The highest BCUT2D eigenvalue weighted by molar-refractivity contribution is 5.40. The van der Waals surface area contributed by atoms with Gasteiger partial charge in [-0.3, -0.25) is 5.10 Å². The number of aromatic amines is 1. The summed E-state index contributed by atoms with van der Waals surface area (Å²) in [4.78, 5) is 0. The van der Waals surface area contributed by atoms with Crippen molar-refractivity contribution in [1.29, 1.82) is 0 Å². The number of benzene rings is 1. The molecule has 21 heavy (non-hydrogen) atoms. The first-order chi connectivity index (χ1) is 10.1. The summed E-state index contributed by atoms with van der Waals surface area (Å²) >= 11 is 0. The Balaban J connectivity index is 1.81. The molecule has 0 atom stereocenters. The number of nitrogens with one attached hydrogen (secondary N) is 2. The Labute approximate surface area is 122 Å². The van der Waals surface area contributed by atoms with E-state index < -0.39 is 0 Å². The highest BCUT2D eigenvalue weighted by Gasteiger charge is 2.10. The average molecular weight is 283 g/mol. The summed E-state index contributed by atoms with van der Waals surface area (Å²) in [5.41, 5.74) is 5.29. The molecule has 0 saturated heterocycles. The van der Waals surface area contributed by atoms with Crippen LogP contribution in [-0.2, 0) is 6.54 Å². The van der Waals surface area contributed by atoms with Gasteiger partial charge in [-0.15, -0.1) is 0 Å². The lowest BCUT2D eigenvalue weighted by Crippen LogP contribution is -2.08. The maximum atomic E-state index is 4.18. The van der Waals surface area contributed by atoms with Gasteiger partial charge in [0.05, 0.1) is 11.4 Å². The van der Waals surface area contributed by atoms with Crippen molar-refractivity contribution in [2.45, 2.75) is 27.3 Å². The van der Waals surface area contributed by atoms with Crippen LogP contribution in [0.1, 0.15) is 22.5 Å². The molecular weight excluding hydrogens is 266 g/mol. The quantitative estimate of drug-likeness (QED) is 0.764. The first-order valence-electron chi connectivity index (χ1n) is 6.75. The fourth-order valence-electron chi connectivity index (χ4n) is 2.16. The molecule has 2 N–H and O–H groups in total. The molecule has 2 heterocycles. The van der Waals surface area contributed by atoms with Crippen molar-refractivity contribution >= 4 is 5.95 Å². The number of nitrogens with zero attached hydrogens (tertiary/aromatic N) is 5. The van der Waals surface area contributed by atoms with Crippen molar-refractivity contribution in [3.05, 3.63) is 46.8 Å². The molecule has 2 aromatic heterocycles. The Kier molecular flexibility index (Phi) is 3.39. The van der Waals surface area contributed by atoms with Gasteiger partial charge in [0.1, 0.15) is 0 Å². The first-order valence-corrected chi connectivity index (χ1v) is 6.75. The van der Waals surface area contributed by atoms with Crippen LogP contribution in [0.15, 0.2) is 24.3 Å². The zero-order valence-electron chi connectivity index (χ0n) is 12.3. The van der Waals surface area contributed by atoms with E-state index in [0.717, 1.165) is 22.6 Å². The fourth-order valence-corrected chi connectivity index (χ4v) is 2.16. The third kappa shape index (κ3) is 2.62. The molecule has 0 bridgehead atoms. The summed E-state index contributed by atoms with van der Waals surface area (Å²) in [5.74, 6) is 0.610. The second-order valence-electron chi connectivity index (χ2n) is 5.02. The number of tetrazole rings is 1. The molecule has 0 fully saturated rings. The third-order valence-corrected chi connectivity index (χ3v) is 3.45. The molecule has 0 spiro atoms. The number of aromatic nitrogens is 6. The van der Waals surface area contributed by atoms with Crippen LogP contribution in [0.2, 0.25) is 0 Å². The highest BCUT2D eigenvalue weighted by Crippen LogP contribution is 2.15. The van der Waals surface area contributed by atoms with E-state index in [0.29, 0.717) is 12.5 Å². The Morgan fingerprint density at radius 2 is 1.90 bits per heavy atom. The molecule has 0 aliphatic rings. The zero-order chi connectivity index (χ0) is 14.8. The predicted molar refractivity (Wildman–Crippen MR) is 79.3 cm³/mol. The third-order valence-electron chi connectivity index (χ3n) is 3.45. The maximum Gasteiger partial charge on any atom is 0.248 e. The van der Waals surface area contributed by atoms with Gasteiger partial charge in [-0.1, -0.05) is 22.8 Å². The van der Waals surface area contributed by atoms with Crippen LogP contribution in [0.5, 0.6) is 0 Å². The largest absolute Gasteiger partial charge is 0.349 e. The summed E-state index contributed by atoms with van der Waals surface area (Å²) in [6.07, 6.45) is 0. The van der Waals surface area contributed by atoms with E-state index in [-0.39, 0.29) is 0 Å². The topological polar surface area (TPSA) is 84.3 Å². The molecule has 7 heteroatoms. The Bertz CT molecular complexity index is 720. The van der Waals surface area contributed by atoms with E-state index in [2.05, 4.69) is 31.0 Å². The second-order valence-corrected chi connectivity index (χ2v) is 5.02. The molecule has 0 amide bonds. The Morgan fingerprint density at radius 1 is 1.14 bits per heavy atom. The van der Waals surface area contributed by atoms with Crippen molar-refractivity contribution < 1.29 is 0 Å². The molecule has 0 saturated carbocycles. The van der Waals surface area contributed by atoms with Crippen molar-refractivity contribution in [3.8, 4) is 5.69 Å². The SMILES string of the molecule is Cc1ccc(-n2nnnc2NCc2c(C)n[nH]c2C)cc1. The van der Waals surface area contributed by atoms with E-state index in [1.807, 2.05) is 45.0 Å². The second kappa shape index (κ2) is 5.35. The minimum Gasteiger partial charge on any atom is -0.349 e. The molecule has 1 aromatic carbocycles. The Morgan fingerprint density at radius 3 is 2.57 bits per heavy atom. The zero-order valence-corrected chi connectivity index (χ0v) is 12.3. The van der Waals surface area contributed by atoms with Gasteiger partial charge in [-0.05, 0) is 43.3 Å². The van der Waals surface area contributed by atoms with Crippen LogP contribution in [0, 0.1) is 20.8 Å². The van der Waals surface area contributed by atoms with E-state index in [4.69, 9.17) is 0 Å². The van der Waals surface area contributed by atoms with Crippen LogP contribution in [0.3, 0.4) is 0 Å². The number of anilines is 1. The van der Waals surface area contributed by atoms with Gasteiger partial charge in [0.2, 0.25) is 5.95 Å². The van der Waals surface area contributed by atoms with Crippen LogP contribution >= 0.6 is 0 Å². The van der Waals surface area contributed by atoms with E-state index >= 15 is 0 Å². The molecule has 7 nitrogen and oxygen atoms in total. The average Bonchev–Trinajstić information content (AvgIpc) is 3.06. The summed E-state index contributed by atoms with van der Waals surface area (Å²) in [5, 5.41) is 22.2. The number of hydrogen-bond donors (Lipinski definition) is 2. The van der Waals surface area contributed by atoms with Crippen molar-refractivity contribution in [1.82, 2.24) is 30.4 Å². The summed E-state index contributed by atoms with van der Waals surface area (Å²) < 4.78 is 1.68. The summed E-state index contributed by atoms with van der Waals surface area (Å²) in [6.45, 7) is 6.65. The van der Waals surface area contributed by atoms with Gasteiger partial charge >= 0.3 is 0 Å². The van der Waals surface area contributed by atoms with Gasteiger partial charge in [0.15, 0.2) is 0 Å². The van der Waals surface area contributed by atoms with Crippen molar-refractivity contribution in [2.75, 3.05) is 5.32 Å². The molecule has 0 radical (unpaired) electrons. The lowest BCUT2D eigenvalue weighted by Gasteiger charge is -2.07. The Hall–Kier alpha value is -2.70. The standard InChI is InChI=1S/C14H17N7/c1-9-4-6-12(7-5-9)21-14(18-19-20-21)15-8-13-10(2)16-17-11(13)3/h4-7H,8H2,1-3H3,(H,16,17)(H,15,18,20). The normalized spacial score (nSPS) is 10.8. The van der Waals surface area contributed by atoms with E-state index in [1.54, 1.807) is 4.68 Å². The maximum absolute atomic E-state index is 4.18. The fraction of sp³-hybridized carbons (Fsp3) is 0.286. The molecule has 3 rings (SSSR count). The molecule has 0 aliphatic heterocycles. The van der Waals surface area contributed by atoms with Crippen LogP contribution in [0.4, 0.5) is 5.95 Å². The highest BCUT2D eigenvalue weighted by atomic mass is 15.6. The smallest absolute Gasteiger partial charge is 0.248 e. The van der Waals surface area contributed by atoms with Crippen LogP contribution in [-0.4, -0.2) is 30.4 Å². The van der Waals surface area contributed by atoms with Gasteiger partial charge in [-0.25, -0.2) is 0 Å². The van der Waals surface area contributed by atoms with Crippen LogP contribution < -0.4 is 5.32 Å². The number of hydrogen-bond acceptors (Lipinski definition) is 5. The van der Waals surface area contributed by atoms with Gasteiger partial charge < -0.3 is 5.32 Å². The monoisotopic (exact) mass is 283 g/mol. The lowest BCUT2D eigenvalue weighted by atomic mass is 10.2. The number of rotatable bonds is 4. The molecule has 0 unspecified atom stereocenters. The van der Waals surface area contributed by atoms with E-state index in [9.17, 15) is 0 Å². The minimum atomic E-state index is 0.610. The van der Waals surface area contributed by atoms with Crippen molar-refractivity contribution in [3.63, 3.8) is 0 Å². The molecule has 3 aromatic rings. The lowest BCUT2D eigenvalue weighted by molar-refractivity contribution is 0.789. The van der Waals surface area contributed by atoms with Gasteiger partial charge in [0, 0.05) is 17.8 Å². The number of aryl methyl sites for hydroxylation is 3. The summed E-state index contributed by atoms with van der Waals surface area (Å²) in [7, 11) is 0. The first kappa shape index (κ1) is 13.3. The molecule has 108 valence electrons. The molecule has 0 aliphatic carbocycles. The van der Waals surface area contributed by atoms with Gasteiger partial charge in [0.25, 0.3) is 0 Å². The summed E-state index contributed by atoms with van der Waals surface area (Å²) in [6, 6.07) is 8.05. The van der Waals surface area contributed by atoms with Crippen LogP contribution in [0.25, 0.3) is 5.69 Å². The van der Waals surface area contributed by atoms with Gasteiger partial charge in [-0.2, -0.15) is 9.78 Å². The van der Waals surface area contributed by atoms with Crippen molar-refractivity contribution in [2.24, 2.45) is 0 Å². The molecular formula is C14H17N7. The minimum absolute atomic E-state index is 0.610.